The zero-order valence-corrected chi connectivity index (χ0v) is 12.1. The largest absolute Gasteiger partial charge is 0.493 e. The van der Waals surface area contributed by atoms with Crippen molar-refractivity contribution in [3.05, 3.63) is 28.2 Å². The van der Waals surface area contributed by atoms with Crippen LogP contribution in [-0.2, 0) is 14.9 Å². The summed E-state index contributed by atoms with van der Waals surface area (Å²) in [6.45, 7) is 6.21. The highest BCUT2D eigenvalue weighted by Crippen LogP contribution is 2.32. The van der Waals surface area contributed by atoms with Crippen LogP contribution in [0.1, 0.15) is 26.3 Å². The molecule has 1 aromatic carbocycles. The van der Waals surface area contributed by atoms with Gasteiger partial charge in [-0.1, -0.05) is 6.07 Å². The molecule has 0 atom stereocenters. The topological polar surface area (TPSA) is 35.5 Å². The SMILES string of the molecule is CCOc1ccc(C(C)(C)C(=O)OC)cc1Br. The lowest BCUT2D eigenvalue weighted by Gasteiger charge is -2.22. The average Bonchev–Trinajstić information content (AvgIpc) is 2.30. The standard InChI is InChI=1S/C13H17BrO3/c1-5-17-11-7-6-9(8-10(11)14)13(2,3)12(15)16-4/h6-8H,5H2,1-4H3. The molecule has 0 fully saturated rings. The zero-order valence-electron chi connectivity index (χ0n) is 10.5. The Morgan fingerprint density at radius 3 is 2.53 bits per heavy atom. The molecule has 0 spiro atoms. The second-order valence-corrected chi connectivity index (χ2v) is 5.05. The molecular formula is C13H17BrO3. The molecule has 0 aliphatic heterocycles. The number of rotatable bonds is 4. The van der Waals surface area contributed by atoms with Crippen LogP contribution in [0.2, 0.25) is 0 Å². The van der Waals surface area contributed by atoms with Crippen molar-refractivity contribution in [1.29, 1.82) is 0 Å². The fraction of sp³-hybridized carbons (Fsp3) is 0.462. The molecule has 94 valence electrons. The van der Waals surface area contributed by atoms with Crippen molar-refractivity contribution < 1.29 is 14.3 Å². The van der Waals surface area contributed by atoms with E-state index in [1.165, 1.54) is 7.11 Å². The van der Waals surface area contributed by atoms with Gasteiger partial charge in [-0.25, -0.2) is 0 Å². The molecule has 0 aliphatic rings. The maximum atomic E-state index is 11.7. The van der Waals surface area contributed by atoms with Crippen molar-refractivity contribution in [2.45, 2.75) is 26.2 Å². The maximum Gasteiger partial charge on any atom is 0.315 e. The van der Waals surface area contributed by atoms with Gasteiger partial charge in [-0.05, 0) is 54.4 Å². The molecule has 0 aliphatic carbocycles. The summed E-state index contributed by atoms with van der Waals surface area (Å²) in [7, 11) is 1.40. The molecule has 1 aromatic rings. The summed E-state index contributed by atoms with van der Waals surface area (Å²) in [5.74, 6) is 0.519. The van der Waals surface area contributed by atoms with E-state index in [2.05, 4.69) is 15.9 Å². The van der Waals surface area contributed by atoms with Crippen LogP contribution in [0.3, 0.4) is 0 Å². The van der Waals surface area contributed by atoms with Gasteiger partial charge in [-0.3, -0.25) is 4.79 Å². The Balaban J connectivity index is 3.08. The molecule has 0 unspecified atom stereocenters. The fourth-order valence-electron chi connectivity index (χ4n) is 1.54. The lowest BCUT2D eigenvalue weighted by atomic mass is 9.85. The van der Waals surface area contributed by atoms with E-state index in [9.17, 15) is 4.79 Å². The number of carbonyl (C=O) groups is 1. The Hall–Kier alpha value is -1.03. The monoisotopic (exact) mass is 300 g/mol. The van der Waals surface area contributed by atoms with Crippen molar-refractivity contribution in [2.75, 3.05) is 13.7 Å². The number of hydrogen-bond donors (Lipinski definition) is 0. The van der Waals surface area contributed by atoms with Crippen molar-refractivity contribution >= 4 is 21.9 Å². The van der Waals surface area contributed by atoms with Gasteiger partial charge in [0.05, 0.1) is 23.6 Å². The first kappa shape index (κ1) is 14.0. The number of carbonyl (C=O) groups excluding carboxylic acids is 1. The Kier molecular flexibility index (Phi) is 4.57. The van der Waals surface area contributed by atoms with Crippen molar-refractivity contribution in [2.24, 2.45) is 0 Å². The van der Waals surface area contributed by atoms with Gasteiger partial charge in [0.1, 0.15) is 5.75 Å². The minimum atomic E-state index is -0.665. The highest BCUT2D eigenvalue weighted by atomic mass is 79.9. The van der Waals surface area contributed by atoms with Crippen molar-refractivity contribution in [3.8, 4) is 5.75 Å². The molecule has 17 heavy (non-hydrogen) atoms. The predicted octanol–water partition coefficient (Wildman–Crippen LogP) is 3.30. The molecular weight excluding hydrogens is 284 g/mol. The number of hydrogen-bond acceptors (Lipinski definition) is 3. The normalized spacial score (nSPS) is 11.1. The second-order valence-electron chi connectivity index (χ2n) is 4.19. The quantitative estimate of drug-likeness (QED) is 0.801. The molecule has 3 nitrogen and oxygen atoms in total. The number of benzene rings is 1. The van der Waals surface area contributed by atoms with E-state index in [1.54, 1.807) is 0 Å². The third-order valence-electron chi connectivity index (χ3n) is 2.65. The van der Waals surface area contributed by atoms with Crippen molar-refractivity contribution in [3.63, 3.8) is 0 Å². The molecule has 0 saturated carbocycles. The highest BCUT2D eigenvalue weighted by molar-refractivity contribution is 9.10. The van der Waals surface area contributed by atoms with Crippen LogP contribution in [0.5, 0.6) is 5.75 Å². The molecule has 1 rings (SSSR count). The number of methoxy groups -OCH3 is 1. The van der Waals surface area contributed by atoms with Gasteiger partial charge in [-0.2, -0.15) is 0 Å². The molecule has 0 bridgehead atoms. The summed E-state index contributed by atoms with van der Waals surface area (Å²) in [6, 6.07) is 5.63. The first-order chi connectivity index (χ1) is 7.93. The summed E-state index contributed by atoms with van der Waals surface area (Å²) < 4.78 is 11.1. The van der Waals surface area contributed by atoms with Crippen LogP contribution >= 0.6 is 15.9 Å². The molecule has 0 N–H and O–H groups in total. The number of esters is 1. The third-order valence-corrected chi connectivity index (χ3v) is 3.27. The van der Waals surface area contributed by atoms with Crippen molar-refractivity contribution in [1.82, 2.24) is 0 Å². The first-order valence-electron chi connectivity index (χ1n) is 5.44. The molecule has 0 amide bonds. The summed E-state index contributed by atoms with van der Waals surface area (Å²) in [5.41, 5.74) is 0.224. The van der Waals surface area contributed by atoms with E-state index in [1.807, 2.05) is 39.0 Å². The summed E-state index contributed by atoms with van der Waals surface area (Å²) in [5, 5.41) is 0. The summed E-state index contributed by atoms with van der Waals surface area (Å²) >= 11 is 3.43. The second kappa shape index (κ2) is 5.54. The van der Waals surface area contributed by atoms with Gasteiger partial charge in [-0.15, -0.1) is 0 Å². The average molecular weight is 301 g/mol. The van der Waals surface area contributed by atoms with Crippen LogP contribution < -0.4 is 4.74 Å². The van der Waals surface area contributed by atoms with E-state index in [-0.39, 0.29) is 5.97 Å². The van der Waals surface area contributed by atoms with Gasteiger partial charge in [0.15, 0.2) is 0 Å². The van der Waals surface area contributed by atoms with E-state index >= 15 is 0 Å². The Morgan fingerprint density at radius 1 is 1.41 bits per heavy atom. The molecule has 4 heteroatoms. The Labute approximate surface area is 110 Å². The first-order valence-corrected chi connectivity index (χ1v) is 6.24. The van der Waals surface area contributed by atoms with Crippen LogP contribution in [0.15, 0.2) is 22.7 Å². The fourth-order valence-corrected chi connectivity index (χ4v) is 2.03. The third kappa shape index (κ3) is 3.00. The van der Waals surface area contributed by atoms with Crippen LogP contribution in [0, 0.1) is 0 Å². The van der Waals surface area contributed by atoms with Crippen LogP contribution in [-0.4, -0.2) is 19.7 Å². The van der Waals surface area contributed by atoms with Gasteiger partial charge in [0, 0.05) is 0 Å². The van der Waals surface area contributed by atoms with E-state index < -0.39 is 5.41 Å². The minimum absolute atomic E-state index is 0.256. The summed E-state index contributed by atoms with van der Waals surface area (Å²) in [6.07, 6.45) is 0. The molecule has 0 radical (unpaired) electrons. The van der Waals surface area contributed by atoms with Crippen LogP contribution in [0.4, 0.5) is 0 Å². The number of ether oxygens (including phenoxy) is 2. The van der Waals surface area contributed by atoms with Gasteiger partial charge < -0.3 is 9.47 Å². The Bertz CT molecular complexity index is 413. The Morgan fingerprint density at radius 2 is 2.06 bits per heavy atom. The van der Waals surface area contributed by atoms with Gasteiger partial charge in [0.25, 0.3) is 0 Å². The van der Waals surface area contributed by atoms with Gasteiger partial charge >= 0.3 is 5.97 Å². The minimum Gasteiger partial charge on any atom is -0.493 e. The lowest BCUT2D eigenvalue weighted by molar-refractivity contribution is -0.146. The zero-order chi connectivity index (χ0) is 13.1. The molecule has 0 heterocycles. The molecule has 0 aromatic heterocycles. The van der Waals surface area contributed by atoms with Crippen LogP contribution in [0.25, 0.3) is 0 Å². The molecule has 0 saturated heterocycles. The number of halogens is 1. The maximum absolute atomic E-state index is 11.7. The van der Waals surface area contributed by atoms with E-state index in [0.29, 0.717) is 6.61 Å². The van der Waals surface area contributed by atoms with E-state index in [4.69, 9.17) is 9.47 Å². The highest BCUT2D eigenvalue weighted by Gasteiger charge is 2.31. The van der Waals surface area contributed by atoms with Gasteiger partial charge in [0.2, 0.25) is 0 Å². The smallest absolute Gasteiger partial charge is 0.315 e. The van der Waals surface area contributed by atoms with E-state index in [0.717, 1.165) is 15.8 Å². The summed E-state index contributed by atoms with van der Waals surface area (Å²) in [4.78, 5) is 11.7. The lowest BCUT2D eigenvalue weighted by Crippen LogP contribution is -2.30. The predicted molar refractivity (Wildman–Crippen MR) is 70.4 cm³/mol.